The molecule has 1 fully saturated rings. The molecule has 112 valence electrons. The predicted octanol–water partition coefficient (Wildman–Crippen LogP) is 3.08. The van der Waals surface area contributed by atoms with Crippen molar-refractivity contribution in [2.24, 2.45) is 5.92 Å². The van der Waals surface area contributed by atoms with E-state index in [1.165, 1.54) is 37.9 Å². The third-order valence-corrected chi connectivity index (χ3v) is 4.37. The molecule has 0 amide bonds. The fraction of sp³-hybridized carbons (Fsp3) is 0.647. The van der Waals surface area contributed by atoms with E-state index in [0.717, 1.165) is 18.2 Å². The van der Waals surface area contributed by atoms with Gasteiger partial charge in [0.25, 0.3) is 0 Å². The van der Waals surface area contributed by atoms with Crippen LogP contribution < -0.4 is 10.1 Å². The SMILES string of the molecule is CCCC1CCN(CC(NC)c2ccccc2OC)C1. The van der Waals surface area contributed by atoms with Crippen LogP contribution in [0.1, 0.15) is 37.8 Å². The van der Waals surface area contributed by atoms with E-state index in [1.807, 2.05) is 19.2 Å². The normalized spacial score (nSPS) is 21.1. The smallest absolute Gasteiger partial charge is 0.123 e. The zero-order valence-electron chi connectivity index (χ0n) is 13.1. The van der Waals surface area contributed by atoms with Crippen LogP contribution in [0.4, 0.5) is 0 Å². The molecule has 1 saturated heterocycles. The van der Waals surface area contributed by atoms with Crippen molar-refractivity contribution < 1.29 is 4.74 Å². The zero-order valence-corrected chi connectivity index (χ0v) is 13.1. The average molecular weight is 276 g/mol. The molecule has 0 aliphatic carbocycles. The minimum atomic E-state index is 0.339. The fourth-order valence-corrected chi connectivity index (χ4v) is 3.28. The van der Waals surface area contributed by atoms with Crippen molar-refractivity contribution in [3.63, 3.8) is 0 Å². The third-order valence-electron chi connectivity index (χ3n) is 4.37. The van der Waals surface area contributed by atoms with Gasteiger partial charge >= 0.3 is 0 Å². The molecule has 1 heterocycles. The van der Waals surface area contributed by atoms with Gasteiger partial charge in [0.1, 0.15) is 5.75 Å². The number of hydrogen-bond acceptors (Lipinski definition) is 3. The molecule has 0 radical (unpaired) electrons. The van der Waals surface area contributed by atoms with E-state index in [-0.39, 0.29) is 0 Å². The third kappa shape index (κ3) is 3.74. The first-order chi connectivity index (χ1) is 9.78. The van der Waals surface area contributed by atoms with Gasteiger partial charge < -0.3 is 15.0 Å². The van der Waals surface area contributed by atoms with Crippen LogP contribution in [0.5, 0.6) is 5.75 Å². The molecule has 3 heteroatoms. The van der Waals surface area contributed by atoms with E-state index in [9.17, 15) is 0 Å². The number of likely N-dealkylation sites (N-methyl/N-ethyl adjacent to an activating group) is 1. The van der Waals surface area contributed by atoms with E-state index >= 15 is 0 Å². The first kappa shape index (κ1) is 15.3. The summed E-state index contributed by atoms with van der Waals surface area (Å²) in [5.41, 5.74) is 1.26. The van der Waals surface area contributed by atoms with E-state index < -0.39 is 0 Å². The maximum atomic E-state index is 5.49. The zero-order chi connectivity index (χ0) is 14.4. The van der Waals surface area contributed by atoms with Gasteiger partial charge in [0.15, 0.2) is 0 Å². The number of hydrogen-bond donors (Lipinski definition) is 1. The molecule has 0 aromatic heterocycles. The number of ether oxygens (including phenoxy) is 1. The lowest BCUT2D eigenvalue weighted by molar-refractivity contribution is 0.282. The van der Waals surface area contributed by atoms with Gasteiger partial charge in [0.2, 0.25) is 0 Å². The predicted molar refractivity (Wildman–Crippen MR) is 84.2 cm³/mol. The number of nitrogens with zero attached hydrogens (tertiary/aromatic N) is 1. The lowest BCUT2D eigenvalue weighted by atomic mass is 10.0. The molecule has 1 aliphatic heterocycles. The molecule has 2 unspecified atom stereocenters. The van der Waals surface area contributed by atoms with Gasteiger partial charge in [-0.3, -0.25) is 0 Å². The van der Waals surface area contributed by atoms with Crippen LogP contribution in [0.3, 0.4) is 0 Å². The molecule has 2 rings (SSSR count). The van der Waals surface area contributed by atoms with E-state index in [1.54, 1.807) is 7.11 Å². The van der Waals surface area contributed by atoms with Crippen LogP contribution in [0.15, 0.2) is 24.3 Å². The van der Waals surface area contributed by atoms with E-state index in [2.05, 4.69) is 29.3 Å². The summed E-state index contributed by atoms with van der Waals surface area (Å²) in [6, 6.07) is 8.67. The molecule has 20 heavy (non-hydrogen) atoms. The van der Waals surface area contributed by atoms with E-state index in [0.29, 0.717) is 6.04 Å². The maximum absolute atomic E-state index is 5.49. The molecule has 0 spiro atoms. The molecule has 0 bridgehead atoms. The van der Waals surface area contributed by atoms with Gasteiger partial charge in [0, 0.05) is 24.7 Å². The van der Waals surface area contributed by atoms with Crippen molar-refractivity contribution in [3.05, 3.63) is 29.8 Å². The quantitative estimate of drug-likeness (QED) is 0.828. The Labute approximate surface area is 123 Å². The van der Waals surface area contributed by atoms with E-state index in [4.69, 9.17) is 4.74 Å². The summed E-state index contributed by atoms with van der Waals surface area (Å²) in [4.78, 5) is 2.59. The number of nitrogens with one attached hydrogen (secondary N) is 1. The molecule has 3 nitrogen and oxygen atoms in total. The van der Waals surface area contributed by atoms with Crippen molar-refractivity contribution in [2.75, 3.05) is 33.8 Å². The first-order valence-corrected chi connectivity index (χ1v) is 7.81. The average Bonchev–Trinajstić information content (AvgIpc) is 2.92. The first-order valence-electron chi connectivity index (χ1n) is 7.81. The number of benzene rings is 1. The molecule has 1 N–H and O–H groups in total. The van der Waals surface area contributed by atoms with Crippen molar-refractivity contribution >= 4 is 0 Å². The van der Waals surface area contributed by atoms with Crippen molar-refractivity contribution in [3.8, 4) is 5.75 Å². The topological polar surface area (TPSA) is 24.5 Å². The van der Waals surface area contributed by atoms with Gasteiger partial charge in [-0.25, -0.2) is 0 Å². The lowest BCUT2D eigenvalue weighted by Crippen LogP contribution is -2.32. The second kappa shape index (κ2) is 7.65. The maximum Gasteiger partial charge on any atom is 0.123 e. The fourth-order valence-electron chi connectivity index (χ4n) is 3.28. The molecular formula is C17H28N2O. The Morgan fingerprint density at radius 1 is 1.40 bits per heavy atom. The standard InChI is InChI=1S/C17H28N2O/c1-4-7-14-10-11-19(12-14)13-16(18-2)15-8-5-6-9-17(15)20-3/h5-6,8-9,14,16,18H,4,7,10-13H2,1-3H3. The summed E-state index contributed by atoms with van der Waals surface area (Å²) in [7, 11) is 3.79. The van der Waals surface area contributed by atoms with Crippen molar-refractivity contribution in [2.45, 2.75) is 32.2 Å². The number of rotatable bonds is 7. The summed E-state index contributed by atoms with van der Waals surface area (Å²) >= 11 is 0. The van der Waals surface area contributed by atoms with Gasteiger partial charge in [-0.15, -0.1) is 0 Å². The Hall–Kier alpha value is -1.06. The summed E-state index contributed by atoms with van der Waals surface area (Å²) in [6.07, 6.45) is 4.03. The van der Waals surface area contributed by atoms with Crippen LogP contribution >= 0.6 is 0 Å². The largest absolute Gasteiger partial charge is 0.496 e. The van der Waals surface area contributed by atoms with Crippen LogP contribution in [0.25, 0.3) is 0 Å². The van der Waals surface area contributed by atoms with Gasteiger partial charge in [0.05, 0.1) is 7.11 Å². The Morgan fingerprint density at radius 2 is 2.20 bits per heavy atom. The Balaban J connectivity index is 1.99. The van der Waals surface area contributed by atoms with Crippen LogP contribution in [0, 0.1) is 5.92 Å². The van der Waals surface area contributed by atoms with Gasteiger partial charge in [-0.2, -0.15) is 0 Å². The molecule has 1 aromatic carbocycles. The van der Waals surface area contributed by atoms with Crippen molar-refractivity contribution in [1.29, 1.82) is 0 Å². The molecule has 1 aromatic rings. The second-order valence-electron chi connectivity index (χ2n) is 5.79. The lowest BCUT2D eigenvalue weighted by Gasteiger charge is -2.25. The highest BCUT2D eigenvalue weighted by Gasteiger charge is 2.25. The monoisotopic (exact) mass is 276 g/mol. The van der Waals surface area contributed by atoms with Gasteiger partial charge in [-0.1, -0.05) is 31.5 Å². The number of methoxy groups -OCH3 is 1. The number of para-hydroxylation sites is 1. The summed E-state index contributed by atoms with van der Waals surface area (Å²) in [5.74, 6) is 1.88. The Bertz CT molecular complexity index is 408. The molecule has 0 saturated carbocycles. The van der Waals surface area contributed by atoms with Crippen LogP contribution in [-0.2, 0) is 0 Å². The Morgan fingerprint density at radius 3 is 2.90 bits per heavy atom. The minimum Gasteiger partial charge on any atom is -0.496 e. The minimum absolute atomic E-state index is 0.339. The summed E-state index contributed by atoms with van der Waals surface area (Å²) in [5, 5.41) is 3.45. The Kier molecular flexibility index (Phi) is 5.86. The highest BCUT2D eigenvalue weighted by atomic mass is 16.5. The molecule has 2 atom stereocenters. The summed E-state index contributed by atoms with van der Waals surface area (Å²) in [6.45, 7) is 5.84. The molecular weight excluding hydrogens is 248 g/mol. The van der Waals surface area contributed by atoms with Crippen LogP contribution in [0.2, 0.25) is 0 Å². The molecule has 1 aliphatic rings. The van der Waals surface area contributed by atoms with Gasteiger partial charge in [-0.05, 0) is 38.4 Å². The van der Waals surface area contributed by atoms with Crippen molar-refractivity contribution in [1.82, 2.24) is 10.2 Å². The highest BCUT2D eigenvalue weighted by Crippen LogP contribution is 2.28. The highest BCUT2D eigenvalue weighted by molar-refractivity contribution is 5.36. The second-order valence-corrected chi connectivity index (χ2v) is 5.79. The number of likely N-dealkylation sites (tertiary alicyclic amines) is 1. The van der Waals surface area contributed by atoms with Crippen LogP contribution in [-0.4, -0.2) is 38.7 Å². The summed E-state index contributed by atoms with van der Waals surface area (Å²) < 4.78 is 5.49.